The molecule has 0 atom stereocenters. The number of rotatable bonds is 5. The molecule has 0 bridgehead atoms. The number of carbonyl (C=O) groups excluding carboxylic acids is 1. The van der Waals surface area contributed by atoms with Crippen LogP contribution in [0.3, 0.4) is 0 Å². The molecule has 112 valence electrons. The zero-order valence-electron chi connectivity index (χ0n) is 12.1. The van der Waals surface area contributed by atoms with Gasteiger partial charge in [-0.3, -0.25) is 4.79 Å². The highest BCUT2D eigenvalue weighted by Crippen LogP contribution is 2.18. The van der Waals surface area contributed by atoms with Gasteiger partial charge in [-0.2, -0.15) is 0 Å². The first-order chi connectivity index (χ1) is 9.02. The molecule has 1 aromatic carbocycles. The van der Waals surface area contributed by atoms with E-state index in [9.17, 15) is 4.79 Å². The van der Waals surface area contributed by atoms with Crippen molar-refractivity contribution in [3.63, 3.8) is 0 Å². The molecule has 0 radical (unpaired) electrons. The van der Waals surface area contributed by atoms with Crippen molar-refractivity contribution in [2.24, 2.45) is 10.7 Å². The van der Waals surface area contributed by atoms with Crippen LogP contribution in [0.25, 0.3) is 0 Å². The Morgan fingerprint density at radius 3 is 2.70 bits per heavy atom. The highest BCUT2D eigenvalue weighted by Gasteiger charge is 2.02. The van der Waals surface area contributed by atoms with Crippen LogP contribution < -0.4 is 16.4 Å². The molecule has 4 N–H and O–H groups in total. The van der Waals surface area contributed by atoms with Crippen LogP contribution >= 0.6 is 24.0 Å². The van der Waals surface area contributed by atoms with E-state index in [0.29, 0.717) is 12.5 Å². The number of carbonyl (C=O) groups is 1. The second-order valence-corrected chi connectivity index (χ2v) is 4.56. The van der Waals surface area contributed by atoms with Crippen LogP contribution in [0, 0.1) is 0 Å². The largest absolute Gasteiger partial charge is 0.370 e. The van der Waals surface area contributed by atoms with Crippen molar-refractivity contribution in [3.8, 4) is 0 Å². The second kappa shape index (κ2) is 9.57. The van der Waals surface area contributed by atoms with E-state index >= 15 is 0 Å². The molecule has 0 heterocycles. The maximum absolute atomic E-state index is 11.2. The Bertz CT molecular complexity index is 460. The predicted molar refractivity (Wildman–Crippen MR) is 94.7 cm³/mol. The summed E-state index contributed by atoms with van der Waals surface area (Å²) in [5.74, 6) is 0.561. The van der Waals surface area contributed by atoms with Crippen molar-refractivity contribution >= 4 is 41.5 Å². The number of hydrogen-bond acceptors (Lipinski definition) is 2. The van der Waals surface area contributed by atoms with Gasteiger partial charge in [0.1, 0.15) is 6.54 Å². The fraction of sp³-hybridized carbons (Fsp3) is 0.429. The van der Waals surface area contributed by atoms with Crippen molar-refractivity contribution in [2.75, 3.05) is 18.4 Å². The number of nitrogens with zero attached hydrogens (tertiary/aromatic N) is 1. The van der Waals surface area contributed by atoms with Crippen LogP contribution in [-0.2, 0) is 4.79 Å². The molecule has 0 aliphatic carbocycles. The van der Waals surface area contributed by atoms with E-state index in [0.717, 1.165) is 5.69 Å². The first-order valence-corrected chi connectivity index (χ1v) is 6.46. The summed E-state index contributed by atoms with van der Waals surface area (Å²) in [4.78, 5) is 15.2. The quantitative estimate of drug-likeness (QED) is 0.410. The molecule has 0 aromatic heterocycles. The highest BCUT2D eigenvalue weighted by molar-refractivity contribution is 14.0. The Morgan fingerprint density at radius 1 is 1.40 bits per heavy atom. The van der Waals surface area contributed by atoms with Crippen molar-refractivity contribution in [2.45, 2.75) is 26.7 Å². The number of likely N-dealkylation sites (N-methyl/N-ethyl adjacent to an activating group) is 1. The summed E-state index contributed by atoms with van der Waals surface area (Å²) in [5, 5.41) is 5.64. The number of nitrogens with two attached hydrogens (primary N) is 1. The summed E-state index contributed by atoms with van der Waals surface area (Å²) < 4.78 is 0. The Labute approximate surface area is 137 Å². The summed E-state index contributed by atoms with van der Waals surface area (Å²) in [6, 6.07) is 7.98. The lowest BCUT2D eigenvalue weighted by molar-refractivity contribution is -0.119. The topological polar surface area (TPSA) is 79.5 Å². The highest BCUT2D eigenvalue weighted by atomic mass is 127. The molecule has 20 heavy (non-hydrogen) atoms. The first kappa shape index (κ1) is 18.7. The predicted octanol–water partition coefficient (Wildman–Crippen LogP) is 2.29. The normalized spacial score (nSPS) is 10.9. The van der Waals surface area contributed by atoms with Crippen LogP contribution in [0.1, 0.15) is 32.3 Å². The molecular weight excluding hydrogens is 367 g/mol. The van der Waals surface area contributed by atoms with Gasteiger partial charge in [0.25, 0.3) is 0 Å². The molecule has 0 unspecified atom stereocenters. The molecule has 0 saturated heterocycles. The van der Waals surface area contributed by atoms with Gasteiger partial charge in [-0.25, -0.2) is 4.99 Å². The minimum atomic E-state index is -0.136. The Hall–Kier alpha value is -1.31. The maximum Gasteiger partial charge on any atom is 0.241 e. The zero-order chi connectivity index (χ0) is 14.3. The lowest BCUT2D eigenvalue weighted by Crippen LogP contribution is -2.28. The third kappa shape index (κ3) is 6.74. The van der Waals surface area contributed by atoms with E-state index in [4.69, 9.17) is 5.73 Å². The van der Waals surface area contributed by atoms with Crippen molar-refractivity contribution in [3.05, 3.63) is 29.8 Å². The standard InChI is InChI=1S/C14H22N4O.HI/c1-4-16-13(19)9-17-14(15)18-12-7-5-6-11(8-12)10(2)3;/h5-8,10H,4,9H2,1-3H3,(H,16,19)(H3,15,17,18);1H. The van der Waals surface area contributed by atoms with Crippen LogP contribution in [0.4, 0.5) is 5.69 Å². The summed E-state index contributed by atoms with van der Waals surface area (Å²) in [6.07, 6.45) is 0. The molecule has 0 aliphatic rings. The van der Waals surface area contributed by atoms with E-state index in [2.05, 4.69) is 35.5 Å². The lowest BCUT2D eigenvalue weighted by atomic mass is 10.0. The third-order valence-electron chi connectivity index (χ3n) is 2.59. The molecular formula is C14H23IN4O. The van der Waals surface area contributed by atoms with Gasteiger partial charge >= 0.3 is 0 Å². The molecule has 6 heteroatoms. The van der Waals surface area contributed by atoms with Crippen LogP contribution in [0.2, 0.25) is 0 Å². The minimum Gasteiger partial charge on any atom is -0.370 e. The van der Waals surface area contributed by atoms with Gasteiger partial charge < -0.3 is 16.4 Å². The number of nitrogens with one attached hydrogen (secondary N) is 2. The number of guanidine groups is 1. The molecule has 0 saturated carbocycles. The van der Waals surface area contributed by atoms with Crippen LogP contribution in [-0.4, -0.2) is 25.0 Å². The smallest absolute Gasteiger partial charge is 0.241 e. The van der Waals surface area contributed by atoms with E-state index in [1.165, 1.54) is 5.56 Å². The fourth-order valence-corrected chi connectivity index (χ4v) is 1.57. The van der Waals surface area contributed by atoms with Gasteiger partial charge in [0, 0.05) is 12.2 Å². The van der Waals surface area contributed by atoms with Gasteiger partial charge in [-0.1, -0.05) is 26.0 Å². The number of hydrogen-bond donors (Lipinski definition) is 3. The first-order valence-electron chi connectivity index (χ1n) is 6.46. The molecule has 0 spiro atoms. The fourth-order valence-electron chi connectivity index (χ4n) is 1.57. The van der Waals surface area contributed by atoms with E-state index in [1.807, 2.05) is 25.1 Å². The van der Waals surface area contributed by atoms with E-state index in [1.54, 1.807) is 0 Å². The van der Waals surface area contributed by atoms with Crippen molar-refractivity contribution in [1.29, 1.82) is 0 Å². The van der Waals surface area contributed by atoms with Gasteiger partial charge in [0.2, 0.25) is 5.91 Å². The van der Waals surface area contributed by atoms with E-state index in [-0.39, 0.29) is 42.4 Å². The zero-order valence-corrected chi connectivity index (χ0v) is 14.5. The average Bonchev–Trinajstić information content (AvgIpc) is 2.37. The SMILES string of the molecule is CCNC(=O)CN=C(N)Nc1cccc(C(C)C)c1.I. The molecule has 1 aromatic rings. The molecule has 1 amide bonds. The number of anilines is 1. The van der Waals surface area contributed by atoms with Gasteiger partial charge in [-0.15, -0.1) is 24.0 Å². The Kier molecular flexibility index (Phi) is 8.94. The summed E-state index contributed by atoms with van der Waals surface area (Å²) in [5.41, 5.74) is 7.84. The number of halogens is 1. The van der Waals surface area contributed by atoms with Crippen molar-refractivity contribution < 1.29 is 4.79 Å². The Balaban J connectivity index is 0.00000361. The molecule has 0 fully saturated rings. The molecule has 5 nitrogen and oxygen atoms in total. The van der Waals surface area contributed by atoms with Gasteiger partial charge in [0.05, 0.1) is 0 Å². The number of benzene rings is 1. The van der Waals surface area contributed by atoms with Gasteiger partial charge in [0.15, 0.2) is 5.96 Å². The molecule has 1 rings (SSSR count). The Morgan fingerprint density at radius 2 is 2.10 bits per heavy atom. The summed E-state index contributed by atoms with van der Waals surface area (Å²) >= 11 is 0. The van der Waals surface area contributed by atoms with Gasteiger partial charge in [-0.05, 0) is 30.5 Å². The summed E-state index contributed by atoms with van der Waals surface area (Å²) in [6.45, 7) is 6.76. The maximum atomic E-state index is 11.2. The monoisotopic (exact) mass is 390 g/mol. The molecule has 0 aliphatic heterocycles. The van der Waals surface area contributed by atoms with Crippen LogP contribution in [0.15, 0.2) is 29.3 Å². The van der Waals surface area contributed by atoms with E-state index < -0.39 is 0 Å². The second-order valence-electron chi connectivity index (χ2n) is 4.56. The average molecular weight is 390 g/mol. The number of aliphatic imine (C=N–C) groups is 1. The minimum absolute atomic E-state index is 0. The number of amides is 1. The third-order valence-corrected chi connectivity index (χ3v) is 2.59. The lowest BCUT2D eigenvalue weighted by Gasteiger charge is -2.09. The van der Waals surface area contributed by atoms with Crippen molar-refractivity contribution in [1.82, 2.24) is 5.32 Å². The van der Waals surface area contributed by atoms with Crippen LogP contribution in [0.5, 0.6) is 0 Å². The summed E-state index contributed by atoms with van der Waals surface area (Å²) in [7, 11) is 0.